The number of rotatable bonds is 3. The third-order valence-electron chi connectivity index (χ3n) is 3.08. The number of anilines is 1. The number of ether oxygens (including phenoxy) is 1. The topological polar surface area (TPSA) is 55.6 Å². The van der Waals surface area contributed by atoms with Gasteiger partial charge in [0.15, 0.2) is 0 Å². The van der Waals surface area contributed by atoms with Gasteiger partial charge < -0.3 is 15.4 Å². The Morgan fingerprint density at radius 1 is 1.39 bits per heavy atom. The van der Waals surface area contributed by atoms with Crippen LogP contribution in [0.3, 0.4) is 0 Å². The van der Waals surface area contributed by atoms with Crippen molar-refractivity contribution < 1.29 is 9.53 Å². The molecule has 0 saturated carbocycles. The highest BCUT2D eigenvalue weighted by atomic mass is 16.5. The molecule has 4 nitrogen and oxygen atoms in total. The lowest BCUT2D eigenvalue weighted by Crippen LogP contribution is -2.35. The zero-order chi connectivity index (χ0) is 13.0. The predicted octanol–water partition coefficient (Wildman–Crippen LogP) is 1.69. The van der Waals surface area contributed by atoms with E-state index in [-0.39, 0.29) is 5.91 Å². The van der Waals surface area contributed by atoms with E-state index in [2.05, 4.69) is 6.08 Å². The summed E-state index contributed by atoms with van der Waals surface area (Å²) in [5.41, 5.74) is 8.23. The highest BCUT2D eigenvalue weighted by molar-refractivity contribution is 5.94. The number of nitrogens with zero attached hydrogens (tertiary/aromatic N) is 1. The van der Waals surface area contributed by atoms with Crippen LogP contribution < -0.4 is 5.73 Å². The van der Waals surface area contributed by atoms with Crippen LogP contribution in [0.2, 0.25) is 0 Å². The molecule has 18 heavy (non-hydrogen) atoms. The number of methoxy groups -OCH3 is 1. The van der Waals surface area contributed by atoms with Crippen molar-refractivity contribution in [3.8, 4) is 0 Å². The fraction of sp³-hybridized carbons (Fsp3) is 0.357. The summed E-state index contributed by atoms with van der Waals surface area (Å²) in [4.78, 5) is 14.0. The smallest absolute Gasteiger partial charge is 0.254 e. The van der Waals surface area contributed by atoms with Gasteiger partial charge in [0, 0.05) is 31.5 Å². The lowest BCUT2D eigenvalue weighted by molar-refractivity contribution is 0.0765. The Bertz CT molecular complexity index is 451. The zero-order valence-corrected chi connectivity index (χ0v) is 10.6. The predicted molar refractivity (Wildman–Crippen MR) is 71.3 cm³/mol. The quantitative estimate of drug-likeness (QED) is 0.652. The molecule has 96 valence electrons. The van der Waals surface area contributed by atoms with E-state index in [4.69, 9.17) is 10.5 Å². The Labute approximate surface area is 107 Å². The van der Waals surface area contributed by atoms with Gasteiger partial charge in [0.2, 0.25) is 0 Å². The van der Waals surface area contributed by atoms with Crippen LogP contribution in [0, 0.1) is 0 Å². The maximum Gasteiger partial charge on any atom is 0.254 e. The van der Waals surface area contributed by atoms with Gasteiger partial charge in [-0.2, -0.15) is 0 Å². The van der Waals surface area contributed by atoms with Crippen molar-refractivity contribution in [3.63, 3.8) is 0 Å². The third kappa shape index (κ3) is 2.90. The summed E-state index contributed by atoms with van der Waals surface area (Å²) in [6, 6.07) is 7.05. The second-order valence-corrected chi connectivity index (χ2v) is 4.42. The number of hydrogen-bond acceptors (Lipinski definition) is 3. The average molecular weight is 246 g/mol. The Balaban J connectivity index is 2.01. The van der Waals surface area contributed by atoms with Gasteiger partial charge in [-0.25, -0.2) is 0 Å². The average Bonchev–Trinajstić information content (AvgIpc) is 2.40. The van der Waals surface area contributed by atoms with Gasteiger partial charge in [0.1, 0.15) is 0 Å². The first-order valence-electron chi connectivity index (χ1n) is 6.02. The number of benzene rings is 1. The van der Waals surface area contributed by atoms with Crippen LogP contribution in [-0.4, -0.2) is 37.6 Å². The molecule has 4 heteroatoms. The lowest BCUT2D eigenvalue weighted by atomic mass is 10.1. The van der Waals surface area contributed by atoms with Crippen molar-refractivity contribution in [3.05, 3.63) is 41.5 Å². The highest BCUT2D eigenvalue weighted by Crippen LogP contribution is 2.15. The summed E-state index contributed by atoms with van der Waals surface area (Å²) < 4.78 is 5.09. The molecule has 0 atom stereocenters. The minimum absolute atomic E-state index is 0.0581. The minimum atomic E-state index is 0.0581. The van der Waals surface area contributed by atoms with Crippen molar-refractivity contribution in [2.75, 3.05) is 32.5 Å². The second-order valence-electron chi connectivity index (χ2n) is 4.42. The van der Waals surface area contributed by atoms with Crippen LogP contribution in [0.4, 0.5) is 5.69 Å². The summed E-state index contributed by atoms with van der Waals surface area (Å²) in [5.74, 6) is 0.0581. The molecular formula is C14H18N2O2. The van der Waals surface area contributed by atoms with Crippen LogP contribution in [0.25, 0.3) is 0 Å². The molecule has 0 fully saturated rings. The number of nitrogen functional groups attached to an aromatic ring is 1. The molecule has 0 aromatic heterocycles. The van der Waals surface area contributed by atoms with Gasteiger partial charge in [0.25, 0.3) is 5.91 Å². The molecule has 0 spiro atoms. The largest absolute Gasteiger partial charge is 0.399 e. The van der Waals surface area contributed by atoms with Crippen molar-refractivity contribution in [1.82, 2.24) is 4.90 Å². The standard InChI is InChI=1S/C14H18N2O2/c1-18-10-11-6-8-16(9-7-11)14(17)12-2-4-13(15)5-3-12/h2-6H,7-10,15H2,1H3. The summed E-state index contributed by atoms with van der Waals surface area (Å²) >= 11 is 0. The summed E-state index contributed by atoms with van der Waals surface area (Å²) in [6.45, 7) is 2.06. The van der Waals surface area contributed by atoms with E-state index in [1.165, 1.54) is 5.57 Å². The molecule has 0 saturated heterocycles. The molecule has 1 aromatic carbocycles. The summed E-state index contributed by atoms with van der Waals surface area (Å²) in [7, 11) is 1.69. The van der Waals surface area contributed by atoms with Gasteiger partial charge in [-0.15, -0.1) is 0 Å². The molecule has 0 bridgehead atoms. The number of nitrogens with two attached hydrogens (primary N) is 1. The molecule has 1 aliphatic rings. The van der Waals surface area contributed by atoms with Gasteiger partial charge >= 0.3 is 0 Å². The molecular weight excluding hydrogens is 228 g/mol. The number of amides is 1. The van der Waals surface area contributed by atoms with Crippen molar-refractivity contribution in [1.29, 1.82) is 0 Å². The van der Waals surface area contributed by atoms with E-state index < -0.39 is 0 Å². The van der Waals surface area contributed by atoms with E-state index in [1.807, 2.05) is 4.90 Å². The molecule has 0 radical (unpaired) electrons. The van der Waals surface area contributed by atoms with E-state index in [0.717, 1.165) is 13.0 Å². The zero-order valence-electron chi connectivity index (χ0n) is 10.6. The van der Waals surface area contributed by atoms with Crippen LogP contribution in [0.5, 0.6) is 0 Å². The van der Waals surface area contributed by atoms with Crippen LogP contribution in [0.15, 0.2) is 35.9 Å². The fourth-order valence-electron chi connectivity index (χ4n) is 2.02. The molecule has 0 unspecified atom stereocenters. The van der Waals surface area contributed by atoms with Gasteiger partial charge in [-0.05, 0) is 36.3 Å². The first-order valence-corrected chi connectivity index (χ1v) is 6.02. The highest BCUT2D eigenvalue weighted by Gasteiger charge is 2.18. The molecule has 1 amide bonds. The SMILES string of the molecule is COCC1=CCN(C(=O)c2ccc(N)cc2)CC1. The summed E-state index contributed by atoms with van der Waals surface area (Å²) in [6.07, 6.45) is 2.96. The Morgan fingerprint density at radius 3 is 2.67 bits per heavy atom. The molecule has 1 heterocycles. The van der Waals surface area contributed by atoms with Gasteiger partial charge in [0.05, 0.1) is 6.61 Å². The first-order chi connectivity index (χ1) is 8.70. The maximum atomic E-state index is 12.2. The minimum Gasteiger partial charge on any atom is -0.399 e. The van der Waals surface area contributed by atoms with E-state index in [1.54, 1.807) is 31.4 Å². The molecule has 1 aliphatic heterocycles. The second kappa shape index (κ2) is 5.69. The Hall–Kier alpha value is -1.81. The van der Waals surface area contributed by atoms with Crippen molar-refractivity contribution >= 4 is 11.6 Å². The molecule has 2 N–H and O–H groups in total. The normalized spacial score (nSPS) is 15.4. The fourth-order valence-corrected chi connectivity index (χ4v) is 2.02. The molecule has 2 rings (SSSR count). The monoisotopic (exact) mass is 246 g/mol. The summed E-state index contributed by atoms with van der Waals surface area (Å²) in [5, 5.41) is 0. The first kappa shape index (κ1) is 12.6. The maximum absolute atomic E-state index is 12.2. The number of carbonyl (C=O) groups is 1. The Morgan fingerprint density at radius 2 is 2.11 bits per heavy atom. The lowest BCUT2D eigenvalue weighted by Gasteiger charge is -2.26. The molecule has 1 aromatic rings. The van der Waals surface area contributed by atoms with Crippen LogP contribution >= 0.6 is 0 Å². The van der Waals surface area contributed by atoms with Crippen LogP contribution in [-0.2, 0) is 4.74 Å². The molecule has 0 aliphatic carbocycles. The van der Waals surface area contributed by atoms with E-state index >= 15 is 0 Å². The van der Waals surface area contributed by atoms with Crippen molar-refractivity contribution in [2.45, 2.75) is 6.42 Å². The van der Waals surface area contributed by atoms with Crippen LogP contribution in [0.1, 0.15) is 16.8 Å². The van der Waals surface area contributed by atoms with Gasteiger partial charge in [-0.3, -0.25) is 4.79 Å². The number of hydrogen-bond donors (Lipinski definition) is 1. The number of carbonyl (C=O) groups excluding carboxylic acids is 1. The van der Waals surface area contributed by atoms with E-state index in [0.29, 0.717) is 24.4 Å². The Kier molecular flexibility index (Phi) is 3.99. The van der Waals surface area contributed by atoms with Crippen molar-refractivity contribution in [2.24, 2.45) is 0 Å². The van der Waals surface area contributed by atoms with Gasteiger partial charge in [-0.1, -0.05) is 6.08 Å². The van der Waals surface area contributed by atoms with E-state index in [9.17, 15) is 4.79 Å². The third-order valence-corrected chi connectivity index (χ3v) is 3.08.